The van der Waals surface area contributed by atoms with Gasteiger partial charge in [-0.15, -0.1) is 0 Å². The fourth-order valence-corrected chi connectivity index (χ4v) is 4.23. The molecule has 0 aliphatic heterocycles. The molecular formula is C29H37N3O3. The molecule has 0 aliphatic rings. The van der Waals surface area contributed by atoms with Crippen LogP contribution in [-0.4, -0.2) is 36.9 Å². The van der Waals surface area contributed by atoms with Crippen LogP contribution >= 0.6 is 0 Å². The zero-order chi connectivity index (χ0) is 25.5. The molecule has 2 amide bonds. The van der Waals surface area contributed by atoms with Crippen LogP contribution in [0.5, 0.6) is 0 Å². The Labute approximate surface area is 208 Å². The lowest BCUT2D eigenvalue weighted by Crippen LogP contribution is -2.43. The van der Waals surface area contributed by atoms with E-state index in [9.17, 15) is 9.59 Å². The first-order chi connectivity index (χ1) is 16.7. The van der Waals surface area contributed by atoms with Gasteiger partial charge in [-0.3, -0.25) is 9.59 Å². The molecule has 1 aromatic heterocycles. The van der Waals surface area contributed by atoms with Gasteiger partial charge in [0.15, 0.2) is 5.76 Å². The van der Waals surface area contributed by atoms with Crippen molar-refractivity contribution in [3.05, 3.63) is 83.8 Å². The van der Waals surface area contributed by atoms with E-state index >= 15 is 0 Å². The zero-order valence-electron chi connectivity index (χ0n) is 21.6. The molecule has 1 heterocycles. The number of carbonyl (C=O) groups excluding carboxylic acids is 2. The van der Waals surface area contributed by atoms with Crippen LogP contribution in [0.3, 0.4) is 0 Å². The summed E-state index contributed by atoms with van der Waals surface area (Å²) in [5.41, 5.74) is 3.67. The molecule has 0 fully saturated rings. The maximum atomic E-state index is 14.0. The van der Waals surface area contributed by atoms with Crippen LogP contribution < -0.4 is 10.2 Å². The van der Waals surface area contributed by atoms with E-state index in [0.717, 1.165) is 23.2 Å². The highest BCUT2D eigenvalue weighted by Gasteiger charge is 2.30. The fraction of sp³-hybridized carbons (Fsp3) is 0.379. The van der Waals surface area contributed by atoms with E-state index in [1.54, 1.807) is 12.1 Å². The molecular weight excluding hydrogens is 438 g/mol. The number of furan rings is 1. The largest absolute Gasteiger partial charge is 0.459 e. The molecule has 6 heteroatoms. The third kappa shape index (κ3) is 6.32. The molecule has 0 saturated heterocycles. The topological polar surface area (TPSA) is 65.8 Å². The molecule has 0 aliphatic carbocycles. The standard InChI is InChI=1S/C29H37N3O3/c1-7-25(22-12-9-8-10-13-22)29(34)32(21(4)20(2)3)19-23-18-24(15-16-26(23)31(5)6)30-28(33)27-14-11-17-35-27/h8-18,20-21,25H,7,19H2,1-6H3,(H,30,33)/t21-,25+/m1/s1. The van der Waals surface area contributed by atoms with Gasteiger partial charge >= 0.3 is 0 Å². The van der Waals surface area contributed by atoms with Gasteiger partial charge in [-0.2, -0.15) is 0 Å². The second kappa shape index (κ2) is 11.7. The highest BCUT2D eigenvalue weighted by atomic mass is 16.3. The van der Waals surface area contributed by atoms with Crippen molar-refractivity contribution < 1.29 is 14.0 Å². The molecule has 0 unspecified atom stereocenters. The Kier molecular flexibility index (Phi) is 8.74. The minimum Gasteiger partial charge on any atom is -0.459 e. The summed E-state index contributed by atoms with van der Waals surface area (Å²) in [5.74, 6) is 0.146. The highest BCUT2D eigenvalue weighted by Crippen LogP contribution is 2.30. The van der Waals surface area contributed by atoms with Gasteiger partial charge < -0.3 is 19.5 Å². The van der Waals surface area contributed by atoms with E-state index in [4.69, 9.17) is 4.42 Å². The first kappa shape index (κ1) is 26.1. The number of hydrogen-bond donors (Lipinski definition) is 1. The zero-order valence-corrected chi connectivity index (χ0v) is 21.6. The molecule has 0 saturated carbocycles. The molecule has 35 heavy (non-hydrogen) atoms. The molecule has 0 radical (unpaired) electrons. The Morgan fingerprint density at radius 2 is 1.69 bits per heavy atom. The van der Waals surface area contributed by atoms with Gasteiger partial charge in [0, 0.05) is 38.1 Å². The van der Waals surface area contributed by atoms with Crippen molar-refractivity contribution in [2.24, 2.45) is 5.92 Å². The molecule has 0 spiro atoms. The lowest BCUT2D eigenvalue weighted by atomic mass is 9.92. The minimum atomic E-state index is -0.308. The van der Waals surface area contributed by atoms with Crippen LogP contribution in [0, 0.1) is 5.92 Å². The first-order valence-electron chi connectivity index (χ1n) is 12.2. The second-order valence-corrected chi connectivity index (χ2v) is 9.49. The van der Waals surface area contributed by atoms with Crippen LogP contribution in [0.1, 0.15) is 61.7 Å². The Balaban J connectivity index is 1.96. The summed E-state index contributed by atoms with van der Waals surface area (Å²) < 4.78 is 5.22. The number of rotatable bonds is 10. The van der Waals surface area contributed by atoms with E-state index in [2.05, 4.69) is 33.0 Å². The van der Waals surface area contributed by atoms with Crippen LogP contribution in [0.4, 0.5) is 11.4 Å². The number of nitrogens with one attached hydrogen (secondary N) is 1. The maximum Gasteiger partial charge on any atom is 0.291 e. The van der Waals surface area contributed by atoms with Crippen LogP contribution in [0.2, 0.25) is 0 Å². The summed E-state index contributed by atoms with van der Waals surface area (Å²) >= 11 is 0. The number of carbonyl (C=O) groups is 2. The van der Waals surface area contributed by atoms with E-state index in [1.807, 2.05) is 72.4 Å². The molecule has 3 rings (SSSR count). The quantitative estimate of drug-likeness (QED) is 0.381. The third-order valence-electron chi connectivity index (χ3n) is 6.55. The molecule has 0 bridgehead atoms. The molecule has 2 atom stereocenters. The molecule has 6 nitrogen and oxygen atoms in total. The van der Waals surface area contributed by atoms with Crippen LogP contribution in [0.15, 0.2) is 71.3 Å². The van der Waals surface area contributed by atoms with Gasteiger partial charge in [-0.05, 0) is 60.7 Å². The van der Waals surface area contributed by atoms with Crippen molar-refractivity contribution >= 4 is 23.2 Å². The number of benzene rings is 2. The molecule has 186 valence electrons. The first-order valence-corrected chi connectivity index (χ1v) is 12.2. The summed E-state index contributed by atoms with van der Waals surface area (Å²) in [6.45, 7) is 8.89. The van der Waals surface area contributed by atoms with Crippen molar-refractivity contribution in [2.45, 2.75) is 52.6 Å². The molecule has 3 aromatic rings. The van der Waals surface area contributed by atoms with E-state index < -0.39 is 0 Å². The van der Waals surface area contributed by atoms with E-state index in [1.165, 1.54) is 6.26 Å². The summed E-state index contributed by atoms with van der Waals surface area (Å²) in [6.07, 6.45) is 2.20. The summed E-state index contributed by atoms with van der Waals surface area (Å²) in [6, 6.07) is 19.1. The second-order valence-electron chi connectivity index (χ2n) is 9.49. The third-order valence-corrected chi connectivity index (χ3v) is 6.55. The maximum absolute atomic E-state index is 14.0. The average molecular weight is 476 g/mol. The van der Waals surface area contributed by atoms with E-state index in [-0.39, 0.29) is 35.5 Å². The van der Waals surface area contributed by atoms with Crippen molar-refractivity contribution in [3.63, 3.8) is 0 Å². The number of hydrogen-bond acceptors (Lipinski definition) is 4. The summed E-state index contributed by atoms with van der Waals surface area (Å²) in [4.78, 5) is 30.5. The molecule has 1 N–H and O–H groups in total. The number of anilines is 2. The Hall–Kier alpha value is -3.54. The normalized spacial score (nSPS) is 12.8. The minimum absolute atomic E-state index is 0.0386. The lowest BCUT2D eigenvalue weighted by molar-refractivity contribution is -0.136. The van der Waals surface area contributed by atoms with Crippen molar-refractivity contribution in [1.82, 2.24) is 4.90 Å². The lowest BCUT2D eigenvalue weighted by Gasteiger charge is -2.36. The van der Waals surface area contributed by atoms with Crippen LogP contribution in [0.25, 0.3) is 0 Å². The van der Waals surface area contributed by atoms with Gasteiger partial charge in [0.1, 0.15) is 0 Å². The highest BCUT2D eigenvalue weighted by molar-refractivity contribution is 6.02. The van der Waals surface area contributed by atoms with Gasteiger partial charge in [-0.1, -0.05) is 51.1 Å². The summed E-state index contributed by atoms with van der Waals surface area (Å²) in [5, 5.41) is 2.91. The molecule has 2 aromatic carbocycles. The van der Waals surface area contributed by atoms with Crippen molar-refractivity contribution in [2.75, 3.05) is 24.3 Å². The van der Waals surface area contributed by atoms with E-state index in [0.29, 0.717) is 12.2 Å². The van der Waals surface area contributed by atoms with Gasteiger partial charge in [0.25, 0.3) is 5.91 Å². The fourth-order valence-electron chi connectivity index (χ4n) is 4.23. The van der Waals surface area contributed by atoms with Gasteiger partial charge in [0.2, 0.25) is 5.91 Å². The number of amides is 2. The predicted octanol–water partition coefficient (Wildman–Crippen LogP) is 6.16. The predicted molar refractivity (Wildman–Crippen MR) is 142 cm³/mol. The monoisotopic (exact) mass is 475 g/mol. The Bertz CT molecular complexity index is 1110. The number of nitrogens with zero attached hydrogens (tertiary/aromatic N) is 2. The smallest absolute Gasteiger partial charge is 0.291 e. The SMILES string of the molecule is CC[C@H](C(=O)N(Cc1cc(NC(=O)c2ccco2)ccc1N(C)C)[C@H](C)C(C)C)c1ccccc1. The Morgan fingerprint density at radius 1 is 0.971 bits per heavy atom. The Morgan fingerprint density at radius 3 is 2.26 bits per heavy atom. The van der Waals surface area contributed by atoms with Gasteiger partial charge in [-0.25, -0.2) is 0 Å². The summed E-state index contributed by atoms with van der Waals surface area (Å²) in [7, 11) is 3.97. The van der Waals surface area contributed by atoms with Crippen molar-refractivity contribution in [3.8, 4) is 0 Å². The van der Waals surface area contributed by atoms with Crippen molar-refractivity contribution in [1.29, 1.82) is 0 Å². The van der Waals surface area contributed by atoms with Gasteiger partial charge in [0.05, 0.1) is 12.2 Å². The average Bonchev–Trinajstić information content (AvgIpc) is 3.38. The van der Waals surface area contributed by atoms with Crippen LogP contribution in [-0.2, 0) is 11.3 Å².